The number of fused-ring (bicyclic) bond motifs is 1. The van der Waals surface area contributed by atoms with Crippen molar-refractivity contribution in [3.05, 3.63) is 29.3 Å². The number of phenolic OH excluding ortho intramolecular Hbond substituents is 1. The first-order chi connectivity index (χ1) is 8.08. The highest BCUT2D eigenvalue weighted by atomic mass is 19.3. The van der Waals surface area contributed by atoms with Crippen molar-refractivity contribution in [3.8, 4) is 5.75 Å². The summed E-state index contributed by atoms with van der Waals surface area (Å²) in [5, 5.41) is 21.3. The molecule has 1 aromatic rings. The zero-order valence-corrected chi connectivity index (χ0v) is 9.24. The van der Waals surface area contributed by atoms with Crippen LogP contribution in [-0.2, 0) is 6.42 Å². The molecule has 0 saturated heterocycles. The molecule has 1 aromatic carbocycles. The fraction of sp³-hybridized carbons (Fsp3) is 0.500. The lowest BCUT2D eigenvalue weighted by molar-refractivity contribution is -0.00462. The minimum atomic E-state index is -2.72. The van der Waals surface area contributed by atoms with Gasteiger partial charge in [-0.3, -0.25) is 0 Å². The zero-order chi connectivity index (χ0) is 12.4. The molecule has 0 aliphatic heterocycles. The van der Waals surface area contributed by atoms with E-state index in [-0.39, 0.29) is 18.3 Å². The second kappa shape index (κ2) is 4.98. The predicted octanol–water partition coefficient (Wildman–Crippen LogP) is 1.60. The van der Waals surface area contributed by atoms with Gasteiger partial charge in [0, 0.05) is 12.6 Å². The summed E-state index contributed by atoms with van der Waals surface area (Å²) < 4.78 is 24.3. The fourth-order valence-electron chi connectivity index (χ4n) is 2.17. The highest BCUT2D eigenvalue weighted by molar-refractivity contribution is 5.39. The van der Waals surface area contributed by atoms with Crippen molar-refractivity contribution < 1.29 is 19.0 Å². The SMILES string of the molecule is Oc1ccc2c(c1)CCC2NCC(O)C(F)F. The second-order valence-corrected chi connectivity index (χ2v) is 4.28. The van der Waals surface area contributed by atoms with Crippen LogP contribution in [0.1, 0.15) is 23.6 Å². The Hall–Kier alpha value is -1.20. The number of alkyl halides is 2. The van der Waals surface area contributed by atoms with Crippen LogP contribution in [0.5, 0.6) is 5.75 Å². The van der Waals surface area contributed by atoms with Crippen LogP contribution in [0.2, 0.25) is 0 Å². The monoisotopic (exact) mass is 243 g/mol. The highest BCUT2D eigenvalue weighted by Gasteiger charge is 2.24. The van der Waals surface area contributed by atoms with Gasteiger partial charge < -0.3 is 15.5 Å². The number of phenols is 1. The van der Waals surface area contributed by atoms with Gasteiger partial charge in [0.15, 0.2) is 0 Å². The number of aromatic hydroxyl groups is 1. The van der Waals surface area contributed by atoms with Crippen LogP contribution in [0.15, 0.2) is 18.2 Å². The first-order valence-electron chi connectivity index (χ1n) is 5.59. The summed E-state index contributed by atoms with van der Waals surface area (Å²) in [6, 6.07) is 5.06. The van der Waals surface area contributed by atoms with Crippen molar-refractivity contribution in [1.82, 2.24) is 5.32 Å². The number of aliphatic hydroxyl groups is 1. The third-order valence-corrected chi connectivity index (χ3v) is 3.07. The molecule has 2 atom stereocenters. The van der Waals surface area contributed by atoms with Gasteiger partial charge in [-0.05, 0) is 36.1 Å². The maximum Gasteiger partial charge on any atom is 0.265 e. The van der Waals surface area contributed by atoms with Crippen molar-refractivity contribution in [3.63, 3.8) is 0 Å². The van der Waals surface area contributed by atoms with Crippen molar-refractivity contribution in [2.24, 2.45) is 0 Å². The van der Waals surface area contributed by atoms with Gasteiger partial charge in [0.2, 0.25) is 0 Å². The Morgan fingerprint density at radius 2 is 2.18 bits per heavy atom. The molecule has 0 fully saturated rings. The molecule has 0 spiro atoms. The average Bonchev–Trinajstić information content (AvgIpc) is 2.67. The normalized spacial score (nSPS) is 20.6. The Morgan fingerprint density at radius 1 is 1.41 bits per heavy atom. The van der Waals surface area contributed by atoms with E-state index < -0.39 is 12.5 Å². The summed E-state index contributed by atoms with van der Waals surface area (Å²) in [5.41, 5.74) is 2.05. The number of nitrogens with one attached hydrogen (secondary N) is 1. The second-order valence-electron chi connectivity index (χ2n) is 4.28. The molecule has 2 unspecified atom stereocenters. The molecule has 5 heteroatoms. The fourth-order valence-corrected chi connectivity index (χ4v) is 2.17. The van der Waals surface area contributed by atoms with Crippen LogP contribution in [0.3, 0.4) is 0 Å². The van der Waals surface area contributed by atoms with Crippen molar-refractivity contribution >= 4 is 0 Å². The smallest absolute Gasteiger partial charge is 0.265 e. The van der Waals surface area contributed by atoms with Crippen molar-refractivity contribution in [1.29, 1.82) is 0 Å². The van der Waals surface area contributed by atoms with Gasteiger partial charge >= 0.3 is 0 Å². The largest absolute Gasteiger partial charge is 0.508 e. The van der Waals surface area contributed by atoms with E-state index in [4.69, 9.17) is 5.11 Å². The molecule has 0 amide bonds. The van der Waals surface area contributed by atoms with Crippen molar-refractivity contribution in [2.45, 2.75) is 31.4 Å². The summed E-state index contributed by atoms with van der Waals surface area (Å²) >= 11 is 0. The molecule has 0 bridgehead atoms. The van der Waals surface area contributed by atoms with Gasteiger partial charge in [0.05, 0.1) is 0 Å². The molecule has 0 aromatic heterocycles. The van der Waals surface area contributed by atoms with E-state index in [1.54, 1.807) is 18.2 Å². The molecule has 0 radical (unpaired) electrons. The maximum atomic E-state index is 12.1. The summed E-state index contributed by atoms with van der Waals surface area (Å²) in [6.45, 7) is -0.122. The summed E-state index contributed by atoms with van der Waals surface area (Å²) in [4.78, 5) is 0. The Bertz CT molecular complexity index is 398. The van der Waals surface area contributed by atoms with Gasteiger partial charge in [-0.2, -0.15) is 0 Å². The topological polar surface area (TPSA) is 52.5 Å². The van der Waals surface area contributed by atoms with E-state index in [2.05, 4.69) is 5.32 Å². The van der Waals surface area contributed by atoms with E-state index in [1.807, 2.05) is 0 Å². The average molecular weight is 243 g/mol. The maximum absolute atomic E-state index is 12.1. The van der Waals surface area contributed by atoms with Crippen molar-refractivity contribution in [2.75, 3.05) is 6.54 Å². The van der Waals surface area contributed by atoms with Crippen LogP contribution < -0.4 is 5.32 Å². The lowest BCUT2D eigenvalue weighted by atomic mass is 10.1. The zero-order valence-electron chi connectivity index (χ0n) is 9.24. The van der Waals surface area contributed by atoms with Gasteiger partial charge in [-0.25, -0.2) is 8.78 Å². The Kier molecular flexibility index (Phi) is 3.59. The minimum absolute atomic E-state index is 0.0148. The van der Waals surface area contributed by atoms with Crippen LogP contribution in [-0.4, -0.2) is 29.3 Å². The quantitative estimate of drug-likeness (QED) is 0.752. The van der Waals surface area contributed by atoms with E-state index in [1.165, 1.54) is 0 Å². The van der Waals surface area contributed by atoms with E-state index >= 15 is 0 Å². The predicted molar refractivity (Wildman–Crippen MR) is 59.2 cm³/mol. The number of rotatable bonds is 4. The number of halogens is 2. The van der Waals surface area contributed by atoms with Gasteiger partial charge in [-0.1, -0.05) is 6.07 Å². The summed E-state index contributed by atoms with van der Waals surface area (Å²) in [5.74, 6) is 0.219. The Balaban J connectivity index is 1.98. The van der Waals surface area contributed by atoms with Gasteiger partial charge in [0.25, 0.3) is 6.43 Å². The summed E-state index contributed by atoms with van der Waals surface area (Å²) in [6.07, 6.45) is -2.74. The van der Waals surface area contributed by atoms with E-state index in [0.29, 0.717) is 0 Å². The molecular formula is C12H15F2NO2. The van der Waals surface area contributed by atoms with Gasteiger partial charge in [-0.15, -0.1) is 0 Å². The molecule has 1 aliphatic rings. The molecule has 3 nitrogen and oxygen atoms in total. The van der Waals surface area contributed by atoms with E-state index in [0.717, 1.165) is 24.0 Å². The van der Waals surface area contributed by atoms with Crippen LogP contribution in [0.25, 0.3) is 0 Å². The molecule has 0 heterocycles. The molecule has 17 heavy (non-hydrogen) atoms. The van der Waals surface area contributed by atoms with Crippen LogP contribution >= 0.6 is 0 Å². The molecule has 0 saturated carbocycles. The molecule has 94 valence electrons. The van der Waals surface area contributed by atoms with Crippen LogP contribution in [0, 0.1) is 0 Å². The number of benzene rings is 1. The number of aryl methyl sites for hydroxylation is 1. The molecule has 1 aliphatic carbocycles. The Labute approximate surface area is 98.1 Å². The lowest BCUT2D eigenvalue weighted by Crippen LogP contribution is -2.33. The first-order valence-corrected chi connectivity index (χ1v) is 5.59. The third kappa shape index (κ3) is 2.73. The lowest BCUT2D eigenvalue weighted by Gasteiger charge is -2.17. The minimum Gasteiger partial charge on any atom is -0.508 e. The molecule has 3 N–H and O–H groups in total. The molecule has 2 rings (SSSR count). The first kappa shape index (κ1) is 12.3. The highest BCUT2D eigenvalue weighted by Crippen LogP contribution is 2.33. The number of hydrogen-bond donors (Lipinski definition) is 3. The standard InChI is InChI=1S/C12H15F2NO2/c13-12(14)11(17)6-15-10-4-1-7-5-8(16)2-3-9(7)10/h2-3,5,10-12,15-17H,1,4,6H2. The van der Waals surface area contributed by atoms with Crippen LogP contribution in [0.4, 0.5) is 8.78 Å². The Morgan fingerprint density at radius 3 is 2.88 bits per heavy atom. The van der Waals surface area contributed by atoms with E-state index in [9.17, 15) is 13.9 Å². The van der Waals surface area contributed by atoms with Gasteiger partial charge in [0.1, 0.15) is 11.9 Å². The summed E-state index contributed by atoms with van der Waals surface area (Å²) in [7, 11) is 0. The number of aliphatic hydroxyl groups excluding tert-OH is 1. The number of hydrogen-bond acceptors (Lipinski definition) is 3. The molecular weight excluding hydrogens is 228 g/mol. The third-order valence-electron chi connectivity index (χ3n) is 3.07.